The minimum atomic E-state index is -0.532. The quantitative estimate of drug-likeness (QED) is 0.676. The molecule has 1 heterocycles. The molecular formula is C13H15NO2. The van der Waals surface area contributed by atoms with Crippen LogP contribution in [0.2, 0.25) is 0 Å². The molecule has 0 saturated heterocycles. The molecule has 2 rings (SSSR count). The van der Waals surface area contributed by atoms with Crippen LogP contribution >= 0.6 is 0 Å². The van der Waals surface area contributed by atoms with Crippen molar-refractivity contribution in [3.63, 3.8) is 0 Å². The molecule has 3 heteroatoms. The first-order valence-corrected chi connectivity index (χ1v) is 5.30. The lowest BCUT2D eigenvalue weighted by Gasteiger charge is -2.16. The summed E-state index contributed by atoms with van der Waals surface area (Å²) in [5, 5.41) is 0. The summed E-state index contributed by atoms with van der Waals surface area (Å²) < 4.78 is 0. The molecule has 1 aliphatic heterocycles. The lowest BCUT2D eigenvalue weighted by molar-refractivity contribution is -0.121. The Morgan fingerprint density at radius 3 is 2.50 bits per heavy atom. The maximum absolute atomic E-state index is 12.1. The summed E-state index contributed by atoms with van der Waals surface area (Å²) in [6.07, 6.45) is 0. The fourth-order valence-electron chi connectivity index (χ4n) is 2.33. The average molecular weight is 217 g/mol. The van der Waals surface area contributed by atoms with E-state index in [4.69, 9.17) is 0 Å². The van der Waals surface area contributed by atoms with E-state index in [1.165, 1.54) is 6.92 Å². The Bertz CT molecular complexity index is 489. The topological polar surface area (TPSA) is 37.4 Å². The zero-order chi connectivity index (χ0) is 12.1. The van der Waals surface area contributed by atoms with Gasteiger partial charge in [-0.05, 0) is 32.4 Å². The van der Waals surface area contributed by atoms with Crippen LogP contribution in [0.15, 0.2) is 18.2 Å². The second-order valence-corrected chi connectivity index (χ2v) is 4.75. The van der Waals surface area contributed by atoms with E-state index in [0.717, 1.165) is 11.3 Å². The van der Waals surface area contributed by atoms with Crippen LogP contribution < -0.4 is 4.90 Å². The van der Waals surface area contributed by atoms with E-state index in [9.17, 15) is 9.59 Å². The van der Waals surface area contributed by atoms with Crippen LogP contribution in [0.1, 0.15) is 36.7 Å². The summed E-state index contributed by atoms with van der Waals surface area (Å²) in [5.41, 5.74) is 1.80. The van der Waals surface area contributed by atoms with Gasteiger partial charge in [-0.15, -0.1) is 0 Å². The van der Waals surface area contributed by atoms with E-state index in [2.05, 4.69) is 0 Å². The number of benzene rings is 1. The van der Waals surface area contributed by atoms with Gasteiger partial charge in [-0.25, -0.2) is 0 Å². The maximum Gasteiger partial charge on any atom is 0.236 e. The van der Waals surface area contributed by atoms with Crippen molar-refractivity contribution in [3.05, 3.63) is 29.3 Å². The van der Waals surface area contributed by atoms with E-state index in [-0.39, 0.29) is 11.7 Å². The van der Waals surface area contributed by atoms with E-state index < -0.39 is 5.41 Å². The number of nitrogens with zero attached hydrogens (tertiary/aromatic N) is 1. The number of fused-ring (bicyclic) bond motifs is 1. The highest BCUT2D eigenvalue weighted by Gasteiger charge is 2.43. The molecule has 16 heavy (non-hydrogen) atoms. The molecule has 0 aromatic heterocycles. The van der Waals surface area contributed by atoms with Gasteiger partial charge in [0.1, 0.15) is 0 Å². The van der Waals surface area contributed by atoms with Gasteiger partial charge >= 0.3 is 0 Å². The summed E-state index contributed by atoms with van der Waals surface area (Å²) >= 11 is 0. The van der Waals surface area contributed by atoms with Gasteiger partial charge in [0, 0.05) is 12.6 Å². The van der Waals surface area contributed by atoms with Crippen molar-refractivity contribution in [2.45, 2.75) is 26.2 Å². The van der Waals surface area contributed by atoms with Gasteiger partial charge < -0.3 is 4.90 Å². The number of amides is 1. The monoisotopic (exact) mass is 217 g/mol. The molecule has 84 valence electrons. The molecule has 0 saturated carbocycles. The van der Waals surface area contributed by atoms with Crippen molar-refractivity contribution < 1.29 is 9.59 Å². The van der Waals surface area contributed by atoms with Gasteiger partial charge in [-0.3, -0.25) is 9.59 Å². The molecule has 1 aromatic carbocycles. The lowest BCUT2D eigenvalue weighted by atomic mass is 9.85. The summed E-state index contributed by atoms with van der Waals surface area (Å²) in [7, 11) is 1.72. The third-order valence-electron chi connectivity index (χ3n) is 3.26. The second kappa shape index (κ2) is 3.17. The fraction of sp³-hybridized carbons (Fsp3) is 0.385. The minimum Gasteiger partial charge on any atom is -0.314 e. The largest absolute Gasteiger partial charge is 0.314 e. The molecule has 1 amide bonds. The first-order chi connectivity index (χ1) is 7.37. The molecule has 0 atom stereocenters. The normalized spacial score (nSPS) is 17.5. The number of Topliss-reactive ketones (excluding diaryl/α,β-unsaturated/α-hetero) is 1. The van der Waals surface area contributed by atoms with Crippen molar-refractivity contribution in [3.8, 4) is 0 Å². The third-order valence-corrected chi connectivity index (χ3v) is 3.26. The van der Waals surface area contributed by atoms with Crippen LogP contribution in [0.3, 0.4) is 0 Å². The van der Waals surface area contributed by atoms with E-state index in [1.54, 1.807) is 18.0 Å². The molecular weight excluding hydrogens is 202 g/mol. The predicted molar refractivity (Wildman–Crippen MR) is 62.9 cm³/mol. The standard InChI is InChI=1S/C13H15NO2/c1-8(15)9-6-5-7-10-11(9)14(4)12(16)13(10,2)3/h5-7H,1-4H3. The predicted octanol–water partition coefficient (Wildman–Crippen LogP) is 2.14. The molecule has 3 nitrogen and oxygen atoms in total. The smallest absolute Gasteiger partial charge is 0.236 e. The van der Waals surface area contributed by atoms with E-state index >= 15 is 0 Å². The van der Waals surface area contributed by atoms with Gasteiger partial charge in [0.25, 0.3) is 0 Å². The van der Waals surface area contributed by atoms with Gasteiger partial charge in [0.15, 0.2) is 5.78 Å². The Morgan fingerprint density at radius 2 is 1.94 bits per heavy atom. The molecule has 1 aliphatic rings. The van der Waals surface area contributed by atoms with Crippen LogP contribution in [0, 0.1) is 0 Å². The summed E-state index contributed by atoms with van der Waals surface area (Å²) in [6.45, 7) is 5.31. The van der Waals surface area contributed by atoms with Crippen molar-refractivity contribution in [1.82, 2.24) is 0 Å². The molecule has 0 aliphatic carbocycles. The van der Waals surface area contributed by atoms with Crippen molar-refractivity contribution in [2.75, 3.05) is 11.9 Å². The van der Waals surface area contributed by atoms with Crippen LogP contribution in [-0.4, -0.2) is 18.7 Å². The molecule has 0 spiro atoms. The number of hydrogen-bond donors (Lipinski definition) is 0. The fourth-order valence-corrected chi connectivity index (χ4v) is 2.33. The summed E-state index contributed by atoms with van der Waals surface area (Å²) in [4.78, 5) is 25.2. The molecule has 0 unspecified atom stereocenters. The average Bonchev–Trinajstić information content (AvgIpc) is 2.41. The first kappa shape index (κ1) is 10.9. The van der Waals surface area contributed by atoms with Crippen molar-refractivity contribution in [1.29, 1.82) is 0 Å². The molecule has 0 fully saturated rings. The Hall–Kier alpha value is -1.64. The lowest BCUT2D eigenvalue weighted by Crippen LogP contribution is -2.33. The Morgan fingerprint density at radius 1 is 1.31 bits per heavy atom. The number of hydrogen-bond acceptors (Lipinski definition) is 2. The van der Waals surface area contributed by atoms with Crippen LogP contribution in [0.25, 0.3) is 0 Å². The van der Waals surface area contributed by atoms with Crippen LogP contribution in [0.4, 0.5) is 5.69 Å². The Kier molecular flexibility index (Phi) is 2.15. The third kappa shape index (κ3) is 1.21. The second-order valence-electron chi connectivity index (χ2n) is 4.75. The van der Waals surface area contributed by atoms with Gasteiger partial charge in [-0.1, -0.05) is 12.1 Å². The molecule has 0 radical (unpaired) electrons. The van der Waals surface area contributed by atoms with Crippen LogP contribution in [0.5, 0.6) is 0 Å². The number of para-hydroxylation sites is 1. The first-order valence-electron chi connectivity index (χ1n) is 5.30. The number of carbonyl (C=O) groups excluding carboxylic acids is 2. The Labute approximate surface area is 95.1 Å². The van der Waals surface area contributed by atoms with Crippen LogP contribution in [-0.2, 0) is 10.2 Å². The number of anilines is 1. The molecule has 1 aromatic rings. The van der Waals surface area contributed by atoms with Gasteiger partial charge in [0.2, 0.25) is 5.91 Å². The maximum atomic E-state index is 12.1. The Balaban J connectivity index is 2.76. The van der Waals surface area contributed by atoms with Crippen molar-refractivity contribution in [2.24, 2.45) is 0 Å². The van der Waals surface area contributed by atoms with Crippen molar-refractivity contribution >= 4 is 17.4 Å². The number of carbonyl (C=O) groups is 2. The zero-order valence-electron chi connectivity index (χ0n) is 10.00. The highest BCUT2D eigenvalue weighted by Crippen LogP contribution is 2.42. The number of likely N-dealkylation sites (N-methyl/N-ethyl adjacent to an activating group) is 1. The van der Waals surface area contributed by atoms with E-state index in [0.29, 0.717) is 5.56 Å². The summed E-state index contributed by atoms with van der Waals surface area (Å²) in [6, 6.07) is 5.53. The number of rotatable bonds is 1. The highest BCUT2D eigenvalue weighted by atomic mass is 16.2. The van der Waals surface area contributed by atoms with Gasteiger partial charge in [0.05, 0.1) is 11.1 Å². The van der Waals surface area contributed by atoms with E-state index in [1.807, 2.05) is 26.0 Å². The SMILES string of the molecule is CC(=O)c1cccc2c1N(C)C(=O)C2(C)C. The summed E-state index contributed by atoms with van der Waals surface area (Å²) in [5.74, 6) is 0.0328. The number of ketones is 1. The minimum absolute atomic E-state index is 0.00537. The van der Waals surface area contributed by atoms with Gasteiger partial charge in [-0.2, -0.15) is 0 Å². The highest BCUT2D eigenvalue weighted by molar-refractivity contribution is 6.13. The molecule has 0 N–H and O–H groups in total. The zero-order valence-corrected chi connectivity index (χ0v) is 10.00. The molecule has 0 bridgehead atoms.